The molecule has 1 rings (SSSR count). The van der Waals surface area contributed by atoms with Gasteiger partial charge < -0.3 is 5.11 Å². The Labute approximate surface area is 113 Å². The lowest BCUT2D eigenvalue weighted by Gasteiger charge is -2.15. The number of hydrogen-bond donors (Lipinski definition) is 1. The SMILES string of the molecule is Cc1nc(=O)n(CCCC(F)(F)F)c(C)c1CC(=O)O. The monoisotopic (exact) mass is 292 g/mol. The number of carboxylic acid groups (broad SMARTS) is 1. The van der Waals surface area contributed by atoms with Crippen LogP contribution in [-0.2, 0) is 17.8 Å². The maximum Gasteiger partial charge on any atom is 0.389 e. The molecule has 0 aromatic carbocycles. The van der Waals surface area contributed by atoms with Crippen molar-refractivity contribution in [3.05, 3.63) is 27.4 Å². The zero-order chi connectivity index (χ0) is 15.5. The number of rotatable bonds is 5. The molecular weight excluding hydrogens is 277 g/mol. The zero-order valence-corrected chi connectivity index (χ0v) is 11.1. The molecule has 0 atom stereocenters. The highest BCUT2D eigenvalue weighted by molar-refractivity contribution is 5.70. The molecule has 0 aliphatic heterocycles. The topological polar surface area (TPSA) is 72.2 Å². The molecule has 0 unspecified atom stereocenters. The average Bonchev–Trinajstić information content (AvgIpc) is 2.27. The van der Waals surface area contributed by atoms with Crippen LogP contribution in [0.25, 0.3) is 0 Å². The summed E-state index contributed by atoms with van der Waals surface area (Å²) < 4.78 is 37.4. The summed E-state index contributed by atoms with van der Waals surface area (Å²) in [5.74, 6) is -1.08. The number of hydrogen-bond acceptors (Lipinski definition) is 3. The predicted molar refractivity (Wildman–Crippen MR) is 64.6 cm³/mol. The van der Waals surface area contributed by atoms with E-state index in [0.29, 0.717) is 17.0 Å². The van der Waals surface area contributed by atoms with Crippen LogP contribution in [-0.4, -0.2) is 26.8 Å². The number of aryl methyl sites for hydroxylation is 1. The first-order chi connectivity index (χ1) is 9.11. The van der Waals surface area contributed by atoms with Crippen molar-refractivity contribution in [3.63, 3.8) is 0 Å². The number of carbonyl (C=O) groups is 1. The van der Waals surface area contributed by atoms with Gasteiger partial charge in [0.1, 0.15) is 0 Å². The highest BCUT2D eigenvalue weighted by atomic mass is 19.4. The molecule has 1 N–H and O–H groups in total. The van der Waals surface area contributed by atoms with Crippen molar-refractivity contribution in [3.8, 4) is 0 Å². The normalized spacial score (nSPS) is 11.7. The highest BCUT2D eigenvalue weighted by Gasteiger charge is 2.26. The summed E-state index contributed by atoms with van der Waals surface area (Å²) in [6, 6.07) is 0. The Morgan fingerprint density at radius 2 is 1.95 bits per heavy atom. The molecule has 0 aliphatic carbocycles. The minimum atomic E-state index is -4.28. The fourth-order valence-electron chi connectivity index (χ4n) is 1.95. The van der Waals surface area contributed by atoms with Crippen LogP contribution in [0.1, 0.15) is 29.8 Å². The molecule has 20 heavy (non-hydrogen) atoms. The van der Waals surface area contributed by atoms with E-state index in [9.17, 15) is 22.8 Å². The minimum absolute atomic E-state index is 0.135. The van der Waals surface area contributed by atoms with Crippen LogP contribution in [0.2, 0.25) is 0 Å². The summed E-state index contributed by atoms with van der Waals surface area (Å²) >= 11 is 0. The van der Waals surface area contributed by atoms with Crippen molar-refractivity contribution in [2.75, 3.05) is 0 Å². The third-order valence-corrected chi connectivity index (χ3v) is 2.94. The molecular formula is C12H15F3N2O3. The number of nitrogens with zero attached hydrogens (tertiary/aromatic N) is 2. The van der Waals surface area contributed by atoms with Gasteiger partial charge in [-0.15, -0.1) is 0 Å². The van der Waals surface area contributed by atoms with Crippen molar-refractivity contribution in [1.82, 2.24) is 9.55 Å². The van der Waals surface area contributed by atoms with Gasteiger partial charge in [0.15, 0.2) is 0 Å². The minimum Gasteiger partial charge on any atom is -0.481 e. The zero-order valence-electron chi connectivity index (χ0n) is 11.1. The molecule has 5 nitrogen and oxygen atoms in total. The third kappa shape index (κ3) is 4.36. The predicted octanol–water partition coefficient (Wildman–Crippen LogP) is 1.83. The molecule has 112 valence electrons. The molecule has 0 radical (unpaired) electrons. The highest BCUT2D eigenvalue weighted by Crippen LogP contribution is 2.21. The molecule has 1 aromatic heterocycles. The van der Waals surface area contributed by atoms with Gasteiger partial charge in [0.25, 0.3) is 0 Å². The van der Waals surface area contributed by atoms with Gasteiger partial charge in [-0.2, -0.15) is 18.2 Å². The number of alkyl halides is 3. The Bertz CT molecular complexity index is 564. The van der Waals surface area contributed by atoms with Crippen molar-refractivity contribution in [1.29, 1.82) is 0 Å². The standard InChI is InChI=1S/C12H15F3N2O3/c1-7-9(6-10(18)19)8(2)17(11(20)16-7)5-3-4-12(13,14)15/h3-6H2,1-2H3,(H,18,19). The molecule has 1 heterocycles. The van der Waals surface area contributed by atoms with Crippen molar-refractivity contribution in [2.45, 2.75) is 45.8 Å². The Balaban J connectivity index is 3.01. The van der Waals surface area contributed by atoms with Gasteiger partial charge in [-0.1, -0.05) is 0 Å². The lowest BCUT2D eigenvalue weighted by atomic mass is 10.1. The van der Waals surface area contributed by atoms with E-state index in [0.717, 1.165) is 4.57 Å². The van der Waals surface area contributed by atoms with E-state index in [1.54, 1.807) is 0 Å². The molecule has 0 saturated heterocycles. The summed E-state index contributed by atoms with van der Waals surface area (Å²) in [5.41, 5.74) is 0.356. The molecule has 0 bridgehead atoms. The molecule has 0 spiro atoms. The lowest BCUT2D eigenvalue weighted by Crippen LogP contribution is -2.29. The van der Waals surface area contributed by atoms with Crippen LogP contribution >= 0.6 is 0 Å². The largest absolute Gasteiger partial charge is 0.481 e. The number of halogens is 3. The van der Waals surface area contributed by atoms with Crippen molar-refractivity contribution in [2.24, 2.45) is 0 Å². The van der Waals surface area contributed by atoms with Gasteiger partial charge in [-0.25, -0.2) is 4.79 Å². The van der Waals surface area contributed by atoms with E-state index in [2.05, 4.69) is 4.98 Å². The lowest BCUT2D eigenvalue weighted by molar-refractivity contribution is -0.136. The van der Waals surface area contributed by atoms with Crippen molar-refractivity contribution < 1.29 is 23.1 Å². The number of aromatic nitrogens is 2. The third-order valence-electron chi connectivity index (χ3n) is 2.94. The first-order valence-electron chi connectivity index (χ1n) is 5.97. The van der Waals surface area contributed by atoms with Gasteiger partial charge in [-0.05, 0) is 20.3 Å². The average molecular weight is 292 g/mol. The van der Waals surface area contributed by atoms with Crippen LogP contribution in [0.5, 0.6) is 0 Å². The second-order valence-electron chi connectivity index (χ2n) is 4.48. The molecule has 0 fully saturated rings. The van der Waals surface area contributed by atoms with Crippen LogP contribution in [0.4, 0.5) is 13.2 Å². The Morgan fingerprint density at radius 3 is 2.45 bits per heavy atom. The van der Waals surface area contributed by atoms with E-state index in [4.69, 9.17) is 5.11 Å². The maximum atomic E-state index is 12.1. The van der Waals surface area contributed by atoms with E-state index < -0.39 is 24.3 Å². The van der Waals surface area contributed by atoms with E-state index in [1.807, 2.05) is 0 Å². The fourth-order valence-corrected chi connectivity index (χ4v) is 1.95. The second-order valence-corrected chi connectivity index (χ2v) is 4.48. The van der Waals surface area contributed by atoms with E-state index >= 15 is 0 Å². The molecule has 1 aromatic rings. The summed E-state index contributed by atoms with van der Waals surface area (Å²) in [6.45, 7) is 2.89. The van der Waals surface area contributed by atoms with E-state index in [-0.39, 0.29) is 19.4 Å². The number of carboxylic acids is 1. The Morgan fingerprint density at radius 1 is 1.35 bits per heavy atom. The first kappa shape index (κ1) is 16.2. The molecule has 0 amide bonds. The fraction of sp³-hybridized carbons (Fsp3) is 0.583. The number of aliphatic carboxylic acids is 1. The van der Waals surface area contributed by atoms with Crippen molar-refractivity contribution >= 4 is 5.97 Å². The van der Waals surface area contributed by atoms with Gasteiger partial charge in [0.05, 0.1) is 6.42 Å². The summed E-state index contributed by atoms with van der Waals surface area (Å²) in [7, 11) is 0. The van der Waals surface area contributed by atoms with Crippen LogP contribution < -0.4 is 5.69 Å². The Hall–Kier alpha value is -1.86. The first-order valence-corrected chi connectivity index (χ1v) is 5.97. The van der Waals surface area contributed by atoms with E-state index in [1.165, 1.54) is 13.8 Å². The summed E-state index contributed by atoms with van der Waals surface area (Å²) in [4.78, 5) is 26.1. The second kappa shape index (κ2) is 6.06. The van der Waals surface area contributed by atoms with Crippen LogP contribution in [0.3, 0.4) is 0 Å². The van der Waals surface area contributed by atoms with Crippen LogP contribution in [0, 0.1) is 13.8 Å². The maximum absolute atomic E-state index is 12.1. The smallest absolute Gasteiger partial charge is 0.389 e. The van der Waals surface area contributed by atoms with Gasteiger partial charge in [0.2, 0.25) is 0 Å². The molecule has 0 aliphatic rings. The molecule has 8 heteroatoms. The van der Waals surface area contributed by atoms with Gasteiger partial charge >= 0.3 is 17.8 Å². The quantitative estimate of drug-likeness (QED) is 0.898. The van der Waals surface area contributed by atoms with Gasteiger partial charge in [-0.3, -0.25) is 9.36 Å². The summed E-state index contributed by atoms with van der Waals surface area (Å²) in [6.07, 6.45) is -5.84. The van der Waals surface area contributed by atoms with Crippen LogP contribution in [0.15, 0.2) is 4.79 Å². The summed E-state index contributed by atoms with van der Waals surface area (Å²) in [5, 5.41) is 8.79. The molecule has 0 saturated carbocycles. The van der Waals surface area contributed by atoms with Gasteiger partial charge in [0, 0.05) is 29.9 Å². The Kier molecular flexibility index (Phi) is 4.91.